The van der Waals surface area contributed by atoms with Crippen LogP contribution in [0.15, 0.2) is 18.3 Å². The quantitative estimate of drug-likeness (QED) is 0.666. The number of nitrogens with zero attached hydrogens (tertiary/aromatic N) is 2. The Morgan fingerprint density at radius 3 is 3.20 bits per heavy atom. The summed E-state index contributed by atoms with van der Waals surface area (Å²) in [5.41, 5.74) is 0. The Balaban J connectivity index is 2.43. The van der Waals surface area contributed by atoms with Gasteiger partial charge in [0.25, 0.3) is 0 Å². The van der Waals surface area contributed by atoms with E-state index in [9.17, 15) is 0 Å². The van der Waals surface area contributed by atoms with Crippen LogP contribution in [0.1, 0.15) is 0 Å². The van der Waals surface area contributed by atoms with Crippen molar-refractivity contribution < 1.29 is 0 Å². The molecule has 0 aliphatic heterocycles. The first-order chi connectivity index (χ1) is 4.93. The van der Waals surface area contributed by atoms with E-state index in [1.165, 1.54) is 0 Å². The van der Waals surface area contributed by atoms with Gasteiger partial charge in [-0.3, -0.25) is 0 Å². The third-order valence-electron chi connectivity index (χ3n) is 0.970. The van der Waals surface area contributed by atoms with Crippen LogP contribution in [-0.4, -0.2) is 22.3 Å². The van der Waals surface area contributed by atoms with Crippen LogP contribution in [-0.2, 0) is 0 Å². The molecule has 0 aliphatic rings. The van der Waals surface area contributed by atoms with E-state index in [0.29, 0.717) is 0 Å². The molecule has 0 saturated heterocycles. The van der Waals surface area contributed by atoms with Crippen LogP contribution in [0.25, 0.3) is 0 Å². The summed E-state index contributed by atoms with van der Waals surface area (Å²) in [7, 11) is 0. The molecule has 0 spiro atoms. The molecule has 0 unspecified atom stereocenters. The van der Waals surface area contributed by atoms with Crippen molar-refractivity contribution in [3.05, 3.63) is 18.3 Å². The van der Waals surface area contributed by atoms with Gasteiger partial charge in [0.1, 0.15) is 5.82 Å². The largest absolute Gasteiger partial charge is 0.360 e. The third-order valence-corrected chi connectivity index (χ3v) is 1.40. The van der Waals surface area contributed by atoms with Gasteiger partial charge in [0.05, 0.1) is 5.88 Å². The highest BCUT2D eigenvalue weighted by Crippen LogP contribution is 1.99. The molecular weight excluding hydrogens is 146 g/mol. The lowest BCUT2D eigenvalue weighted by Gasteiger charge is -1.99. The molecule has 1 rings (SSSR count). The minimum absolute atomic E-state index is 0.830. The van der Waals surface area contributed by atoms with Crippen molar-refractivity contribution in [2.75, 3.05) is 17.4 Å². The second-order valence-electron chi connectivity index (χ2n) is 1.72. The molecule has 0 atom stereocenters. The topological polar surface area (TPSA) is 37.8 Å². The number of aromatic nitrogens is 2. The minimum Gasteiger partial charge on any atom is -0.360 e. The summed E-state index contributed by atoms with van der Waals surface area (Å²) >= 11 is 1.72. The van der Waals surface area contributed by atoms with Crippen LogP contribution in [0.3, 0.4) is 0 Å². The van der Waals surface area contributed by atoms with Crippen LogP contribution < -0.4 is 5.32 Å². The summed E-state index contributed by atoms with van der Waals surface area (Å²) in [6.07, 6.45) is 3.69. The van der Waals surface area contributed by atoms with Gasteiger partial charge in [-0.2, -0.15) is 5.10 Å². The molecule has 0 aliphatic carbocycles. The van der Waals surface area contributed by atoms with E-state index in [1.54, 1.807) is 18.0 Å². The normalized spacial score (nSPS) is 9.30. The minimum atomic E-state index is 0.830. The maximum atomic E-state index is 3.84. The van der Waals surface area contributed by atoms with Gasteiger partial charge in [-0.1, -0.05) is 0 Å². The first-order valence-corrected chi connectivity index (χ1v) is 4.33. The highest BCUT2D eigenvalue weighted by molar-refractivity contribution is 7.98. The van der Waals surface area contributed by atoms with Crippen molar-refractivity contribution in [3.8, 4) is 0 Å². The van der Waals surface area contributed by atoms with Crippen LogP contribution >= 0.6 is 11.8 Å². The van der Waals surface area contributed by atoms with E-state index in [-0.39, 0.29) is 0 Å². The van der Waals surface area contributed by atoms with E-state index >= 15 is 0 Å². The van der Waals surface area contributed by atoms with Crippen molar-refractivity contribution in [1.82, 2.24) is 10.2 Å². The zero-order chi connectivity index (χ0) is 7.23. The number of thioether (sulfide) groups is 1. The fourth-order valence-electron chi connectivity index (χ4n) is 0.542. The van der Waals surface area contributed by atoms with Gasteiger partial charge in [0.2, 0.25) is 0 Å². The zero-order valence-electron chi connectivity index (χ0n) is 5.74. The molecule has 1 heterocycles. The SMILES string of the molecule is CSCNc1cccnn1. The fraction of sp³-hybridized carbons (Fsp3) is 0.333. The maximum absolute atomic E-state index is 3.84. The summed E-state index contributed by atoms with van der Waals surface area (Å²) in [4.78, 5) is 0. The average molecular weight is 155 g/mol. The Hall–Kier alpha value is -0.770. The Kier molecular flexibility index (Phi) is 3.02. The Morgan fingerprint density at radius 2 is 2.60 bits per heavy atom. The number of hydrogen-bond donors (Lipinski definition) is 1. The molecule has 1 N–H and O–H groups in total. The molecule has 0 bridgehead atoms. The summed E-state index contributed by atoms with van der Waals surface area (Å²) in [5, 5.41) is 10.6. The predicted octanol–water partition coefficient (Wildman–Crippen LogP) is 1.21. The van der Waals surface area contributed by atoms with E-state index in [0.717, 1.165) is 11.7 Å². The van der Waals surface area contributed by atoms with Crippen LogP contribution in [0.2, 0.25) is 0 Å². The van der Waals surface area contributed by atoms with Crippen LogP contribution in [0, 0.1) is 0 Å². The number of anilines is 1. The van der Waals surface area contributed by atoms with Gasteiger partial charge < -0.3 is 5.32 Å². The first kappa shape index (κ1) is 7.34. The Bertz CT molecular complexity index is 178. The highest BCUT2D eigenvalue weighted by Gasteiger charge is 1.87. The van der Waals surface area contributed by atoms with E-state index < -0.39 is 0 Å². The van der Waals surface area contributed by atoms with Gasteiger partial charge in [0.15, 0.2) is 0 Å². The third kappa shape index (κ3) is 2.23. The van der Waals surface area contributed by atoms with Gasteiger partial charge in [-0.25, -0.2) is 0 Å². The predicted molar refractivity (Wildman–Crippen MR) is 44.0 cm³/mol. The van der Waals surface area contributed by atoms with E-state index in [4.69, 9.17) is 0 Å². The molecule has 1 aromatic rings. The molecule has 0 aromatic carbocycles. The van der Waals surface area contributed by atoms with E-state index in [1.807, 2.05) is 18.4 Å². The van der Waals surface area contributed by atoms with Crippen molar-refractivity contribution in [3.63, 3.8) is 0 Å². The number of rotatable bonds is 3. The molecular formula is C6H9N3S. The summed E-state index contributed by atoms with van der Waals surface area (Å²) in [5.74, 6) is 1.70. The molecule has 54 valence electrons. The maximum Gasteiger partial charge on any atom is 0.149 e. The molecule has 10 heavy (non-hydrogen) atoms. The number of nitrogens with one attached hydrogen (secondary N) is 1. The number of hydrogen-bond acceptors (Lipinski definition) is 4. The van der Waals surface area contributed by atoms with E-state index in [2.05, 4.69) is 15.5 Å². The van der Waals surface area contributed by atoms with Crippen molar-refractivity contribution >= 4 is 17.6 Å². The van der Waals surface area contributed by atoms with Gasteiger partial charge >= 0.3 is 0 Å². The molecule has 0 radical (unpaired) electrons. The molecule has 3 nitrogen and oxygen atoms in total. The molecule has 0 amide bonds. The highest BCUT2D eigenvalue weighted by atomic mass is 32.2. The lowest BCUT2D eigenvalue weighted by molar-refractivity contribution is 1.03. The van der Waals surface area contributed by atoms with Crippen LogP contribution in [0.5, 0.6) is 0 Å². The Morgan fingerprint density at radius 1 is 1.70 bits per heavy atom. The second kappa shape index (κ2) is 4.11. The zero-order valence-corrected chi connectivity index (χ0v) is 6.56. The summed E-state index contributed by atoms with van der Waals surface area (Å²) < 4.78 is 0. The smallest absolute Gasteiger partial charge is 0.149 e. The Labute approximate surface area is 64.2 Å². The lowest BCUT2D eigenvalue weighted by atomic mass is 10.5. The van der Waals surface area contributed by atoms with Crippen molar-refractivity contribution in [2.45, 2.75) is 0 Å². The average Bonchev–Trinajstić information content (AvgIpc) is 2.03. The first-order valence-electron chi connectivity index (χ1n) is 2.94. The van der Waals surface area contributed by atoms with Crippen molar-refractivity contribution in [2.24, 2.45) is 0 Å². The molecule has 0 saturated carbocycles. The molecule has 1 aromatic heterocycles. The lowest BCUT2D eigenvalue weighted by Crippen LogP contribution is -1.99. The molecule has 4 heteroatoms. The van der Waals surface area contributed by atoms with Gasteiger partial charge in [-0.05, 0) is 18.4 Å². The monoisotopic (exact) mass is 155 g/mol. The summed E-state index contributed by atoms with van der Waals surface area (Å²) in [6, 6.07) is 3.75. The van der Waals surface area contributed by atoms with Crippen molar-refractivity contribution in [1.29, 1.82) is 0 Å². The van der Waals surface area contributed by atoms with Crippen LogP contribution in [0.4, 0.5) is 5.82 Å². The second-order valence-corrected chi connectivity index (χ2v) is 2.58. The fourth-order valence-corrected chi connectivity index (χ4v) is 0.834. The van der Waals surface area contributed by atoms with Gasteiger partial charge in [-0.15, -0.1) is 16.9 Å². The summed E-state index contributed by atoms with van der Waals surface area (Å²) in [6.45, 7) is 0. The molecule has 0 fully saturated rings. The standard InChI is InChI=1S/C6H9N3S/c1-10-5-7-6-3-2-4-8-9-6/h2-4H,5H2,1H3,(H,7,9). The van der Waals surface area contributed by atoms with Gasteiger partial charge in [0, 0.05) is 6.20 Å².